The number of nitrogens with zero attached hydrogens (tertiary/aromatic N) is 1. The Bertz CT molecular complexity index is 308. The Morgan fingerprint density at radius 2 is 2.17 bits per heavy atom. The molecule has 3 atom stereocenters. The van der Waals surface area contributed by atoms with Crippen molar-refractivity contribution in [3.63, 3.8) is 0 Å². The first kappa shape index (κ1) is 14.8. The van der Waals surface area contributed by atoms with Crippen molar-refractivity contribution < 1.29 is 19.8 Å². The zero-order chi connectivity index (χ0) is 13.7. The fraction of sp³-hybridized carbons (Fsp3) is 0.833. The summed E-state index contributed by atoms with van der Waals surface area (Å²) in [6.07, 6.45) is 2.30. The molecule has 0 aromatic rings. The number of aliphatic carboxylic acids is 1. The minimum Gasteiger partial charge on any atom is -0.480 e. The summed E-state index contributed by atoms with van der Waals surface area (Å²) < 4.78 is 0. The van der Waals surface area contributed by atoms with Crippen LogP contribution < -0.4 is 5.32 Å². The number of likely N-dealkylation sites (tertiary alicyclic amines) is 1. The summed E-state index contributed by atoms with van der Waals surface area (Å²) in [4.78, 5) is 24.1. The van der Waals surface area contributed by atoms with Gasteiger partial charge in [-0.05, 0) is 13.3 Å². The van der Waals surface area contributed by atoms with Gasteiger partial charge in [0.15, 0.2) is 0 Å². The van der Waals surface area contributed by atoms with Crippen molar-refractivity contribution in [1.29, 1.82) is 0 Å². The van der Waals surface area contributed by atoms with Gasteiger partial charge in [-0.25, -0.2) is 9.59 Å². The maximum absolute atomic E-state index is 11.9. The monoisotopic (exact) mass is 258 g/mol. The van der Waals surface area contributed by atoms with Crippen LogP contribution >= 0.6 is 0 Å². The zero-order valence-electron chi connectivity index (χ0n) is 10.9. The number of aliphatic hydroxyl groups excluding tert-OH is 1. The standard InChI is InChI=1S/C12H22N2O4/c1-3-4-5-8(2)13-12(18)14-7-9(15)6-10(14)11(16)17/h8-10,15H,3-7H2,1-2H3,(H,13,18)(H,16,17)/t8?,9?,10-/m0/s1. The molecule has 1 heterocycles. The van der Waals surface area contributed by atoms with Crippen LogP contribution in [0.1, 0.15) is 39.5 Å². The molecule has 0 saturated carbocycles. The number of hydrogen-bond acceptors (Lipinski definition) is 3. The third-order valence-corrected chi connectivity index (χ3v) is 3.19. The van der Waals surface area contributed by atoms with Crippen molar-refractivity contribution in [2.45, 2.75) is 57.7 Å². The summed E-state index contributed by atoms with van der Waals surface area (Å²) in [5.74, 6) is -1.07. The van der Waals surface area contributed by atoms with Crippen molar-refractivity contribution in [3.05, 3.63) is 0 Å². The minimum atomic E-state index is -1.07. The maximum atomic E-state index is 11.9. The Kier molecular flexibility index (Phi) is 5.40. The van der Waals surface area contributed by atoms with Gasteiger partial charge in [0.05, 0.1) is 6.10 Å². The van der Waals surface area contributed by atoms with Crippen LogP contribution in [-0.2, 0) is 4.79 Å². The molecule has 0 radical (unpaired) electrons. The molecule has 1 saturated heterocycles. The van der Waals surface area contributed by atoms with Crippen LogP contribution in [0.4, 0.5) is 4.79 Å². The number of carboxylic acids is 1. The van der Waals surface area contributed by atoms with E-state index < -0.39 is 24.1 Å². The highest BCUT2D eigenvalue weighted by Gasteiger charge is 2.39. The molecule has 0 aliphatic carbocycles. The summed E-state index contributed by atoms with van der Waals surface area (Å²) in [6.45, 7) is 4.06. The Labute approximate surface area is 107 Å². The SMILES string of the molecule is CCCCC(C)NC(=O)N1CC(O)C[C@H]1C(=O)O. The number of carbonyl (C=O) groups excluding carboxylic acids is 1. The maximum Gasteiger partial charge on any atom is 0.326 e. The molecule has 6 nitrogen and oxygen atoms in total. The fourth-order valence-electron chi connectivity index (χ4n) is 2.15. The Morgan fingerprint density at radius 1 is 1.50 bits per heavy atom. The molecule has 1 fully saturated rings. The number of carboxylic acid groups (broad SMARTS) is 1. The van der Waals surface area contributed by atoms with E-state index in [9.17, 15) is 14.7 Å². The van der Waals surface area contributed by atoms with Gasteiger partial charge in [0.1, 0.15) is 6.04 Å². The average Bonchev–Trinajstić information content (AvgIpc) is 2.69. The molecule has 18 heavy (non-hydrogen) atoms. The van der Waals surface area contributed by atoms with Crippen molar-refractivity contribution in [3.8, 4) is 0 Å². The van der Waals surface area contributed by atoms with E-state index in [-0.39, 0.29) is 19.0 Å². The van der Waals surface area contributed by atoms with Crippen molar-refractivity contribution >= 4 is 12.0 Å². The van der Waals surface area contributed by atoms with Gasteiger partial charge in [0.25, 0.3) is 0 Å². The molecular weight excluding hydrogens is 236 g/mol. The quantitative estimate of drug-likeness (QED) is 0.680. The molecule has 0 bridgehead atoms. The van der Waals surface area contributed by atoms with Crippen molar-refractivity contribution in [2.24, 2.45) is 0 Å². The molecule has 0 aromatic carbocycles. The highest BCUT2D eigenvalue weighted by atomic mass is 16.4. The number of hydrogen-bond donors (Lipinski definition) is 3. The zero-order valence-corrected chi connectivity index (χ0v) is 10.9. The molecule has 2 unspecified atom stereocenters. The van der Waals surface area contributed by atoms with E-state index in [0.29, 0.717) is 0 Å². The predicted molar refractivity (Wildman–Crippen MR) is 66.3 cm³/mol. The third-order valence-electron chi connectivity index (χ3n) is 3.19. The van der Waals surface area contributed by atoms with Crippen LogP contribution in [0.25, 0.3) is 0 Å². The molecule has 6 heteroatoms. The molecule has 1 rings (SSSR count). The second kappa shape index (κ2) is 6.58. The number of rotatable bonds is 5. The molecule has 0 aromatic heterocycles. The van der Waals surface area contributed by atoms with Crippen LogP contribution in [0.15, 0.2) is 0 Å². The largest absolute Gasteiger partial charge is 0.480 e. The number of aliphatic hydroxyl groups is 1. The summed E-state index contributed by atoms with van der Waals surface area (Å²) in [6, 6.07) is -1.30. The molecule has 1 aliphatic heterocycles. The van der Waals surface area contributed by atoms with Gasteiger partial charge in [0.2, 0.25) is 0 Å². The predicted octanol–water partition coefficient (Wildman–Crippen LogP) is 0.794. The molecule has 2 amide bonds. The van der Waals surface area contributed by atoms with Crippen LogP contribution in [0, 0.1) is 0 Å². The van der Waals surface area contributed by atoms with Gasteiger partial charge in [-0.15, -0.1) is 0 Å². The summed E-state index contributed by atoms with van der Waals surface area (Å²) in [5, 5.41) is 21.2. The van der Waals surface area contributed by atoms with E-state index in [1.54, 1.807) is 0 Å². The molecular formula is C12H22N2O4. The smallest absolute Gasteiger partial charge is 0.326 e. The van der Waals surface area contributed by atoms with E-state index in [0.717, 1.165) is 19.3 Å². The second-order valence-electron chi connectivity index (χ2n) is 4.89. The Morgan fingerprint density at radius 3 is 2.72 bits per heavy atom. The van der Waals surface area contributed by atoms with E-state index in [1.807, 2.05) is 6.92 Å². The normalized spacial score (nSPS) is 24.9. The average molecular weight is 258 g/mol. The highest BCUT2D eigenvalue weighted by molar-refractivity contribution is 5.83. The van der Waals surface area contributed by atoms with Gasteiger partial charge in [-0.1, -0.05) is 19.8 Å². The Balaban J connectivity index is 2.52. The number of urea groups is 1. The van der Waals surface area contributed by atoms with Crippen LogP contribution in [-0.4, -0.2) is 51.8 Å². The first-order valence-corrected chi connectivity index (χ1v) is 6.43. The number of β-amino-alcohol motifs (C(OH)–C–C–N with tert-alkyl or cyclic N) is 1. The number of carbonyl (C=O) groups is 2. The van der Waals surface area contributed by atoms with Crippen LogP contribution in [0.3, 0.4) is 0 Å². The van der Waals surface area contributed by atoms with Gasteiger partial charge >= 0.3 is 12.0 Å². The van der Waals surface area contributed by atoms with Crippen LogP contribution in [0.2, 0.25) is 0 Å². The lowest BCUT2D eigenvalue weighted by Gasteiger charge is -2.24. The summed E-state index contributed by atoms with van der Waals surface area (Å²) in [5.41, 5.74) is 0. The second-order valence-corrected chi connectivity index (χ2v) is 4.89. The number of unbranched alkanes of at least 4 members (excludes halogenated alkanes) is 1. The lowest BCUT2D eigenvalue weighted by Crippen LogP contribution is -2.48. The summed E-state index contributed by atoms with van der Waals surface area (Å²) >= 11 is 0. The molecule has 104 valence electrons. The highest BCUT2D eigenvalue weighted by Crippen LogP contribution is 2.18. The van der Waals surface area contributed by atoms with E-state index >= 15 is 0 Å². The van der Waals surface area contributed by atoms with E-state index in [1.165, 1.54) is 4.90 Å². The van der Waals surface area contributed by atoms with E-state index in [4.69, 9.17) is 5.11 Å². The van der Waals surface area contributed by atoms with Gasteiger partial charge in [-0.3, -0.25) is 0 Å². The van der Waals surface area contributed by atoms with Gasteiger partial charge in [-0.2, -0.15) is 0 Å². The molecule has 1 aliphatic rings. The third kappa shape index (κ3) is 3.87. The first-order chi connectivity index (χ1) is 8.45. The van der Waals surface area contributed by atoms with Gasteiger partial charge in [0, 0.05) is 19.0 Å². The van der Waals surface area contributed by atoms with Gasteiger partial charge < -0.3 is 20.4 Å². The fourth-order valence-corrected chi connectivity index (χ4v) is 2.15. The first-order valence-electron chi connectivity index (χ1n) is 6.43. The Hall–Kier alpha value is -1.30. The number of nitrogens with one attached hydrogen (secondary N) is 1. The minimum absolute atomic E-state index is 0.0182. The van der Waals surface area contributed by atoms with Crippen LogP contribution in [0.5, 0.6) is 0 Å². The molecule has 3 N–H and O–H groups in total. The van der Waals surface area contributed by atoms with Crippen molar-refractivity contribution in [2.75, 3.05) is 6.54 Å². The van der Waals surface area contributed by atoms with E-state index in [2.05, 4.69) is 12.2 Å². The lowest BCUT2D eigenvalue weighted by molar-refractivity contribution is -0.141. The molecule has 0 spiro atoms. The summed E-state index contributed by atoms with van der Waals surface area (Å²) in [7, 11) is 0. The van der Waals surface area contributed by atoms with Crippen molar-refractivity contribution in [1.82, 2.24) is 10.2 Å². The topological polar surface area (TPSA) is 89.9 Å². The lowest BCUT2D eigenvalue weighted by atomic mass is 10.1. The number of amides is 2.